The fourth-order valence-corrected chi connectivity index (χ4v) is 1.79. The second kappa shape index (κ2) is 9.30. The van der Waals surface area contributed by atoms with E-state index in [2.05, 4.69) is 10.6 Å². The van der Waals surface area contributed by atoms with E-state index in [1.807, 2.05) is 20.8 Å². The second-order valence-corrected chi connectivity index (χ2v) is 5.49. The molecule has 6 heteroatoms. The summed E-state index contributed by atoms with van der Waals surface area (Å²) in [6, 6.07) is -0.445. The first kappa shape index (κ1) is 16.2. The molecule has 0 saturated carbocycles. The zero-order chi connectivity index (χ0) is 13.3. The van der Waals surface area contributed by atoms with Gasteiger partial charge in [0.25, 0.3) is 0 Å². The lowest BCUT2D eigenvalue weighted by Crippen LogP contribution is -2.41. The molecule has 0 aromatic rings. The highest BCUT2D eigenvalue weighted by Crippen LogP contribution is 2.06. The molecule has 1 atom stereocenters. The highest BCUT2D eigenvalue weighted by atomic mass is 32.2. The van der Waals surface area contributed by atoms with E-state index in [-0.39, 0.29) is 24.2 Å². The van der Waals surface area contributed by atoms with Gasteiger partial charge in [-0.3, -0.25) is 10.1 Å². The molecule has 0 bridgehead atoms. The van der Waals surface area contributed by atoms with Gasteiger partial charge in [-0.05, 0) is 17.6 Å². The SMILES string of the molecule is CC(C)CNC(=O)NC(=O)CSCC(C)CO. The largest absolute Gasteiger partial charge is 0.396 e. The molecular formula is C11H22N2O3S. The van der Waals surface area contributed by atoms with E-state index < -0.39 is 6.03 Å². The van der Waals surface area contributed by atoms with Crippen molar-refractivity contribution >= 4 is 23.7 Å². The number of hydrogen-bond acceptors (Lipinski definition) is 4. The van der Waals surface area contributed by atoms with Crippen molar-refractivity contribution in [3.8, 4) is 0 Å². The molecule has 5 nitrogen and oxygen atoms in total. The normalized spacial score (nSPS) is 12.3. The average Bonchev–Trinajstić information content (AvgIpc) is 2.26. The number of thioether (sulfide) groups is 1. The number of urea groups is 1. The van der Waals surface area contributed by atoms with Crippen molar-refractivity contribution in [2.45, 2.75) is 20.8 Å². The summed E-state index contributed by atoms with van der Waals surface area (Å²) >= 11 is 1.41. The highest BCUT2D eigenvalue weighted by Gasteiger charge is 2.08. The minimum atomic E-state index is -0.445. The molecule has 0 saturated heterocycles. The van der Waals surface area contributed by atoms with Gasteiger partial charge in [-0.2, -0.15) is 11.8 Å². The Morgan fingerprint density at radius 2 is 1.94 bits per heavy atom. The van der Waals surface area contributed by atoms with Crippen molar-refractivity contribution in [2.75, 3.05) is 24.7 Å². The molecule has 0 spiro atoms. The summed E-state index contributed by atoms with van der Waals surface area (Å²) in [5, 5.41) is 13.6. The Morgan fingerprint density at radius 1 is 1.29 bits per heavy atom. The van der Waals surface area contributed by atoms with Crippen LogP contribution in [0, 0.1) is 11.8 Å². The second-order valence-electron chi connectivity index (χ2n) is 4.45. The van der Waals surface area contributed by atoms with E-state index in [1.54, 1.807) is 0 Å². The van der Waals surface area contributed by atoms with Crippen molar-refractivity contribution in [1.29, 1.82) is 0 Å². The molecular weight excluding hydrogens is 240 g/mol. The number of imide groups is 1. The number of hydrogen-bond donors (Lipinski definition) is 3. The zero-order valence-electron chi connectivity index (χ0n) is 10.7. The predicted octanol–water partition coefficient (Wildman–Crippen LogP) is 0.830. The van der Waals surface area contributed by atoms with Crippen LogP contribution in [-0.2, 0) is 4.79 Å². The predicted molar refractivity (Wildman–Crippen MR) is 70.0 cm³/mol. The average molecular weight is 262 g/mol. The lowest BCUT2D eigenvalue weighted by molar-refractivity contribution is -0.117. The summed E-state index contributed by atoms with van der Waals surface area (Å²) in [7, 11) is 0. The molecule has 0 fully saturated rings. The molecule has 0 aromatic heterocycles. The van der Waals surface area contributed by atoms with Crippen LogP contribution in [0.25, 0.3) is 0 Å². The molecule has 17 heavy (non-hydrogen) atoms. The number of rotatable bonds is 7. The molecule has 0 aliphatic rings. The van der Waals surface area contributed by atoms with Crippen LogP contribution in [0.2, 0.25) is 0 Å². The van der Waals surface area contributed by atoms with Gasteiger partial charge >= 0.3 is 6.03 Å². The molecule has 0 aliphatic heterocycles. The van der Waals surface area contributed by atoms with E-state index in [0.29, 0.717) is 18.2 Å². The van der Waals surface area contributed by atoms with Gasteiger partial charge in [0.2, 0.25) is 5.91 Å². The molecule has 3 N–H and O–H groups in total. The van der Waals surface area contributed by atoms with E-state index in [9.17, 15) is 9.59 Å². The number of carbonyl (C=O) groups excluding carboxylic acids is 2. The first-order valence-electron chi connectivity index (χ1n) is 5.72. The maximum Gasteiger partial charge on any atom is 0.321 e. The van der Waals surface area contributed by atoms with Crippen LogP contribution in [0.1, 0.15) is 20.8 Å². The van der Waals surface area contributed by atoms with Crippen LogP contribution in [0.3, 0.4) is 0 Å². The van der Waals surface area contributed by atoms with Crippen molar-refractivity contribution < 1.29 is 14.7 Å². The lowest BCUT2D eigenvalue weighted by Gasteiger charge is -2.09. The van der Waals surface area contributed by atoms with Crippen LogP contribution >= 0.6 is 11.8 Å². The topological polar surface area (TPSA) is 78.4 Å². The van der Waals surface area contributed by atoms with Crippen LogP contribution < -0.4 is 10.6 Å². The Morgan fingerprint density at radius 3 is 2.47 bits per heavy atom. The summed E-state index contributed by atoms with van der Waals surface area (Å²) in [4.78, 5) is 22.5. The summed E-state index contributed by atoms with van der Waals surface area (Å²) < 4.78 is 0. The number of carbonyl (C=O) groups is 2. The monoisotopic (exact) mass is 262 g/mol. The molecule has 0 aliphatic carbocycles. The Bertz CT molecular complexity index is 247. The summed E-state index contributed by atoms with van der Waals surface area (Å²) in [5.74, 6) is 1.16. The fraction of sp³-hybridized carbons (Fsp3) is 0.818. The lowest BCUT2D eigenvalue weighted by atomic mass is 10.2. The van der Waals surface area contributed by atoms with Crippen molar-refractivity contribution in [2.24, 2.45) is 11.8 Å². The number of aliphatic hydroxyl groups is 1. The van der Waals surface area contributed by atoms with Crippen molar-refractivity contribution in [3.63, 3.8) is 0 Å². The smallest absolute Gasteiger partial charge is 0.321 e. The van der Waals surface area contributed by atoms with Gasteiger partial charge in [-0.15, -0.1) is 0 Å². The van der Waals surface area contributed by atoms with Crippen molar-refractivity contribution in [3.05, 3.63) is 0 Å². The molecule has 3 amide bonds. The fourth-order valence-electron chi connectivity index (χ4n) is 0.909. The van der Waals surface area contributed by atoms with E-state index in [4.69, 9.17) is 5.11 Å². The third-order valence-corrected chi connectivity index (χ3v) is 3.14. The van der Waals surface area contributed by atoms with Gasteiger partial charge in [-0.25, -0.2) is 4.79 Å². The third kappa shape index (κ3) is 10.1. The Hall–Kier alpha value is -0.750. The van der Waals surface area contributed by atoms with Gasteiger partial charge < -0.3 is 10.4 Å². The van der Waals surface area contributed by atoms with E-state index in [1.165, 1.54) is 11.8 Å². The summed E-state index contributed by atoms with van der Waals surface area (Å²) in [6.45, 7) is 6.53. The quantitative estimate of drug-likeness (QED) is 0.635. The van der Waals surface area contributed by atoms with Gasteiger partial charge in [0.05, 0.1) is 5.75 Å². The van der Waals surface area contributed by atoms with E-state index >= 15 is 0 Å². The van der Waals surface area contributed by atoms with Gasteiger partial charge in [0.1, 0.15) is 0 Å². The number of nitrogens with one attached hydrogen (secondary N) is 2. The van der Waals surface area contributed by atoms with Gasteiger partial charge in [-0.1, -0.05) is 20.8 Å². The van der Waals surface area contributed by atoms with Crippen LogP contribution in [0.5, 0.6) is 0 Å². The third-order valence-electron chi connectivity index (χ3n) is 1.87. The summed E-state index contributed by atoms with van der Waals surface area (Å²) in [6.07, 6.45) is 0. The Kier molecular flexibility index (Phi) is 8.89. The maximum atomic E-state index is 11.3. The van der Waals surface area contributed by atoms with E-state index in [0.717, 1.165) is 0 Å². The molecule has 1 unspecified atom stereocenters. The van der Waals surface area contributed by atoms with Crippen LogP contribution in [-0.4, -0.2) is 41.7 Å². The number of aliphatic hydroxyl groups excluding tert-OH is 1. The van der Waals surface area contributed by atoms with Crippen LogP contribution in [0.4, 0.5) is 4.79 Å². The first-order valence-corrected chi connectivity index (χ1v) is 6.87. The molecule has 0 aromatic carbocycles. The Balaban J connectivity index is 3.61. The minimum absolute atomic E-state index is 0.115. The van der Waals surface area contributed by atoms with Crippen molar-refractivity contribution in [1.82, 2.24) is 10.6 Å². The van der Waals surface area contributed by atoms with Crippen LogP contribution in [0.15, 0.2) is 0 Å². The maximum absolute atomic E-state index is 11.3. The number of amides is 3. The summed E-state index contributed by atoms with van der Waals surface area (Å²) in [5.41, 5.74) is 0. The standard InChI is InChI=1S/C11H22N2O3S/c1-8(2)4-12-11(16)13-10(15)7-17-6-9(3)5-14/h8-9,14H,4-7H2,1-3H3,(H2,12,13,15,16). The Labute approximate surface area is 107 Å². The molecule has 100 valence electrons. The minimum Gasteiger partial charge on any atom is -0.396 e. The van der Waals surface area contributed by atoms with Gasteiger partial charge in [0.15, 0.2) is 0 Å². The first-order chi connectivity index (χ1) is 7.95. The molecule has 0 heterocycles. The van der Waals surface area contributed by atoms with Gasteiger partial charge in [0, 0.05) is 13.2 Å². The zero-order valence-corrected chi connectivity index (χ0v) is 11.5. The highest BCUT2D eigenvalue weighted by molar-refractivity contribution is 7.99. The molecule has 0 rings (SSSR count). The molecule has 0 radical (unpaired) electrons.